The number of nitrogens with zero attached hydrogens (tertiary/aromatic N) is 1. The predicted molar refractivity (Wildman–Crippen MR) is 118 cm³/mol. The van der Waals surface area contributed by atoms with Gasteiger partial charge in [0.25, 0.3) is 11.8 Å². The van der Waals surface area contributed by atoms with E-state index in [2.05, 4.69) is 5.32 Å². The molecule has 0 unspecified atom stereocenters. The van der Waals surface area contributed by atoms with E-state index in [1.807, 2.05) is 43.3 Å². The van der Waals surface area contributed by atoms with Crippen molar-refractivity contribution < 1.29 is 14.3 Å². The highest BCUT2D eigenvalue weighted by molar-refractivity contribution is 6.30. The number of carbonyl (C=O) groups excluding carboxylic acids is 2. The lowest BCUT2D eigenvalue weighted by Crippen LogP contribution is -2.30. The average molecular weight is 421 g/mol. The molecule has 0 aliphatic carbocycles. The number of hydrogen-bond donors (Lipinski definition) is 1. The van der Waals surface area contributed by atoms with Crippen LogP contribution in [0.4, 0.5) is 5.69 Å². The molecule has 6 heteroatoms. The molecule has 1 aliphatic rings. The number of fused-ring (bicyclic) bond motifs is 2. The Morgan fingerprint density at radius 3 is 2.57 bits per heavy atom. The molecule has 1 heterocycles. The van der Waals surface area contributed by atoms with Gasteiger partial charge in [-0.3, -0.25) is 9.59 Å². The molecule has 0 saturated heterocycles. The summed E-state index contributed by atoms with van der Waals surface area (Å²) in [5.41, 5.74) is 2.66. The van der Waals surface area contributed by atoms with Crippen LogP contribution >= 0.6 is 11.6 Å². The van der Waals surface area contributed by atoms with Gasteiger partial charge < -0.3 is 15.0 Å². The highest BCUT2D eigenvalue weighted by Crippen LogP contribution is 2.39. The van der Waals surface area contributed by atoms with Crippen LogP contribution in [0.5, 0.6) is 11.5 Å². The van der Waals surface area contributed by atoms with Gasteiger partial charge in [0.15, 0.2) is 5.75 Å². The van der Waals surface area contributed by atoms with Crippen molar-refractivity contribution in [3.8, 4) is 11.5 Å². The standard InChI is InChI=1S/C24H21ClN2O3/c1-2-27-20-15-17(23(28)26-14-13-16-7-10-18(25)11-8-16)9-12-22(20)30-21-6-4-3-5-19(21)24(27)29/h3-12,15H,2,13-14H2,1H3,(H,26,28). The maximum absolute atomic E-state index is 13.0. The largest absolute Gasteiger partial charge is 0.454 e. The normalized spacial score (nSPS) is 12.5. The number of ether oxygens (including phenoxy) is 1. The molecule has 4 rings (SSSR count). The van der Waals surface area contributed by atoms with Crippen molar-refractivity contribution in [3.05, 3.63) is 88.4 Å². The van der Waals surface area contributed by atoms with Gasteiger partial charge in [0.1, 0.15) is 5.75 Å². The lowest BCUT2D eigenvalue weighted by Gasteiger charge is -2.20. The lowest BCUT2D eigenvalue weighted by molar-refractivity contribution is 0.0951. The predicted octanol–water partition coefficient (Wildman–Crippen LogP) is 5.08. The summed E-state index contributed by atoms with van der Waals surface area (Å²) in [5, 5.41) is 3.62. The van der Waals surface area contributed by atoms with E-state index in [9.17, 15) is 9.59 Å². The van der Waals surface area contributed by atoms with Crippen LogP contribution in [0.2, 0.25) is 5.02 Å². The zero-order chi connectivity index (χ0) is 21.1. The molecule has 0 fully saturated rings. The molecule has 5 nitrogen and oxygen atoms in total. The van der Waals surface area contributed by atoms with E-state index < -0.39 is 0 Å². The van der Waals surface area contributed by atoms with Crippen molar-refractivity contribution in [2.45, 2.75) is 13.3 Å². The summed E-state index contributed by atoms with van der Waals surface area (Å²) >= 11 is 5.90. The van der Waals surface area contributed by atoms with Crippen molar-refractivity contribution in [3.63, 3.8) is 0 Å². The highest BCUT2D eigenvalue weighted by atomic mass is 35.5. The van der Waals surface area contributed by atoms with Gasteiger partial charge in [0, 0.05) is 23.7 Å². The quantitative estimate of drug-likeness (QED) is 0.625. The number of benzene rings is 3. The molecule has 0 aromatic heterocycles. The first-order chi connectivity index (χ1) is 14.6. The molecule has 0 saturated carbocycles. The number of carbonyl (C=O) groups is 2. The maximum Gasteiger partial charge on any atom is 0.262 e. The van der Waals surface area contributed by atoms with Crippen molar-refractivity contribution in [1.82, 2.24) is 5.32 Å². The summed E-state index contributed by atoms with van der Waals surface area (Å²) in [7, 11) is 0. The van der Waals surface area contributed by atoms with Gasteiger partial charge in [-0.25, -0.2) is 0 Å². The Morgan fingerprint density at radius 2 is 1.80 bits per heavy atom. The number of halogens is 1. The summed E-state index contributed by atoms with van der Waals surface area (Å²) in [6.45, 7) is 2.86. The minimum absolute atomic E-state index is 0.146. The first-order valence-electron chi connectivity index (χ1n) is 9.82. The fourth-order valence-electron chi connectivity index (χ4n) is 3.45. The number of para-hydroxylation sites is 1. The Hall–Kier alpha value is -3.31. The molecular formula is C24H21ClN2O3. The average Bonchev–Trinajstić information content (AvgIpc) is 2.88. The Balaban J connectivity index is 1.53. The third-order valence-electron chi connectivity index (χ3n) is 5.02. The first kappa shape index (κ1) is 20.0. The molecule has 0 atom stereocenters. The van der Waals surface area contributed by atoms with E-state index in [1.165, 1.54) is 0 Å². The van der Waals surface area contributed by atoms with Crippen LogP contribution < -0.4 is 15.0 Å². The van der Waals surface area contributed by atoms with Crippen LogP contribution in [0.3, 0.4) is 0 Å². The minimum Gasteiger partial charge on any atom is -0.454 e. The van der Waals surface area contributed by atoms with E-state index in [0.717, 1.165) is 5.56 Å². The lowest BCUT2D eigenvalue weighted by atomic mass is 10.1. The van der Waals surface area contributed by atoms with E-state index in [4.69, 9.17) is 16.3 Å². The van der Waals surface area contributed by atoms with E-state index in [-0.39, 0.29) is 11.8 Å². The summed E-state index contributed by atoms with van der Waals surface area (Å²) < 4.78 is 5.98. The SMILES string of the molecule is CCN1C(=O)c2ccccc2Oc2ccc(C(=O)NCCc3ccc(Cl)cc3)cc21. The molecule has 1 N–H and O–H groups in total. The number of rotatable bonds is 5. The smallest absolute Gasteiger partial charge is 0.262 e. The molecular weight excluding hydrogens is 400 g/mol. The van der Waals surface area contributed by atoms with Gasteiger partial charge in [0.05, 0.1) is 11.3 Å². The third-order valence-corrected chi connectivity index (χ3v) is 5.28. The summed E-state index contributed by atoms with van der Waals surface area (Å²) in [4.78, 5) is 27.3. The molecule has 0 radical (unpaired) electrons. The Bertz CT molecular complexity index is 1100. The third kappa shape index (κ3) is 4.02. The Labute approximate surface area is 180 Å². The fourth-order valence-corrected chi connectivity index (χ4v) is 3.57. The number of amides is 2. The summed E-state index contributed by atoms with van der Waals surface area (Å²) in [6, 6.07) is 19.9. The van der Waals surface area contributed by atoms with Gasteiger partial charge in [-0.1, -0.05) is 35.9 Å². The zero-order valence-corrected chi connectivity index (χ0v) is 17.3. The molecule has 3 aromatic rings. The van der Waals surface area contributed by atoms with Crippen LogP contribution in [0.25, 0.3) is 0 Å². The number of hydrogen-bond acceptors (Lipinski definition) is 3. The molecule has 2 amide bonds. The van der Waals surface area contributed by atoms with Crippen molar-refractivity contribution in [2.75, 3.05) is 18.0 Å². The topological polar surface area (TPSA) is 58.6 Å². The first-order valence-corrected chi connectivity index (χ1v) is 10.2. The van der Waals surface area contributed by atoms with Crippen LogP contribution in [-0.2, 0) is 6.42 Å². The number of nitrogens with one attached hydrogen (secondary N) is 1. The Kier molecular flexibility index (Phi) is 5.72. The molecule has 0 bridgehead atoms. The maximum atomic E-state index is 13.0. The second-order valence-electron chi connectivity index (χ2n) is 6.96. The van der Waals surface area contributed by atoms with Crippen molar-refractivity contribution in [2.24, 2.45) is 0 Å². The van der Waals surface area contributed by atoms with Crippen LogP contribution in [0.15, 0.2) is 66.7 Å². The second kappa shape index (κ2) is 8.59. The molecule has 30 heavy (non-hydrogen) atoms. The van der Waals surface area contributed by atoms with Gasteiger partial charge >= 0.3 is 0 Å². The van der Waals surface area contributed by atoms with Crippen LogP contribution in [-0.4, -0.2) is 24.9 Å². The Morgan fingerprint density at radius 1 is 1.03 bits per heavy atom. The van der Waals surface area contributed by atoms with Crippen molar-refractivity contribution >= 4 is 29.1 Å². The summed E-state index contributed by atoms with van der Waals surface area (Å²) in [6.07, 6.45) is 0.700. The molecule has 1 aliphatic heterocycles. The second-order valence-corrected chi connectivity index (χ2v) is 7.40. The zero-order valence-electron chi connectivity index (χ0n) is 16.5. The van der Waals surface area contributed by atoms with E-state index in [1.54, 1.807) is 35.2 Å². The summed E-state index contributed by atoms with van der Waals surface area (Å²) in [5.74, 6) is 0.719. The van der Waals surface area contributed by atoms with Crippen LogP contribution in [0.1, 0.15) is 33.2 Å². The monoisotopic (exact) mass is 420 g/mol. The highest BCUT2D eigenvalue weighted by Gasteiger charge is 2.27. The van der Waals surface area contributed by atoms with Gasteiger partial charge in [-0.05, 0) is 61.4 Å². The van der Waals surface area contributed by atoms with E-state index in [0.29, 0.717) is 52.8 Å². The fraction of sp³-hybridized carbons (Fsp3) is 0.167. The van der Waals surface area contributed by atoms with Gasteiger partial charge in [0.2, 0.25) is 0 Å². The molecule has 3 aromatic carbocycles. The van der Waals surface area contributed by atoms with Gasteiger partial charge in [-0.15, -0.1) is 0 Å². The molecule has 152 valence electrons. The van der Waals surface area contributed by atoms with Crippen LogP contribution in [0, 0.1) is 0 Å². The number of anilines is 1. The van der Waals surface area contributed by atoms with E-state index >= 15 is 0 Å². The van der Waals surface area contributed by atoms with Crippen molar-refractivity contribution in [1.29, 1.82) is 0 Å². The van der Waals surface area contributed by atoms with Gasteiger partial charge in [-0.2, -0.15) is 0 Å². The molecule has 0 spiro atoms. The minimum atomic E-state index is -0.197.